The van der Waals surface area contributed by atoms with Gasteiger partial charge in [-0.1, -0.05) is 65.2 Å². The molecular weight excluding hydrogens is 1050 g/mol. The third-order valence-electron chi connectivity index (χ3n) is 24.8. The first-order chi connectivity index (χ1) is 39.9. The van der Waals surface area contributed by atoms with Crippen molar-refractivity contribution >= 4 is 0 Å². The maximum atomic E-state index is 12.2. The molecule has 8 rings (SSSR count). The molecule has 0 amide bonds. The van der Waals surface area contributed by atoms with E-state index in [1.807, 2.05) is 9.80 Å². The van der Waals surface area contributed by atoms with Crippen molar-refractivity contribution in [2.45, 2.75) is 241 Å². The Kier molecular flexibility index (Phi) is 26.2. The number of nitrogens with zero attached hydrogens (tertiary/aromatic N) is 3. The van der Waals surface area contributed by atoms with Gasteiger partial charge in [-0.3, -0.25) is 25.3 Å². The van der Waals surface area contributed by atoms with Crippen LogP contribution >= 0.6 is 0 Å². The van der Waals surface area contributed by atoms with Gasteiger partial charge in [0.15, 0.2) is 5.66 Å². The summed E-state index contributed by atoms with van der Waals surface area (Å²) in [5.41, 5.74) is 23.0. The highest BCUT2D eigenvalue weighted by Crippen LogP contribution is 2.61. The van der Waals surface area contributed by atoms with Crippen LogP contribution in [0.15, 0.2) is 0 Å². The van der Waals surface area contributed by atoms with E-state index < -0.39 is 74.9 Å². The lowest BCUT2D eigenvalue weighted by Crippen LogP contribution is -2.81. The maximum absolute atomic E-state index is 12.2. The van der Waals surface area contributed by atoms with Crippen LogP contribution in [0.25, 0.3) is 0 Å². The Labute approximate surface area is 501 Å². The van der Waals surface area contributed by atoms with Crippen LogP contribution in [0.3, 0.4) is 0 Å². The number of aliphatic hydroxyl groups excluding tert-OH is 10. The Hall–Kier alpha value is -0.680. The van der Waals surface area contributed by atoms with E-state index in [0.717, 1.165) is 111 Å². The molecule has 484 valence electrons. The van der Waals surface area contributed by atoms with Gasteiger partial charge in [0.1, 0.15) is 18.7 Å². The normalized spacial score (nSPS) is 34.5. The van der Waals surface area contributed by atoms with Gasteiger partial charge in [0.2, 0.25) is 0 Å². The van der Waals surface area contributed by atoms with Gasteiger partial charge in [0, 0.05) is 58.2 Å². The fourth-order valence-corrected chi connectivity index (χ4v) is 20.8. The quantitative estimate of drug-likeness (QED) is 0.0233. The van der Waals surface area contributed by atoms with Crippen molar-refractivity contribution in [3.05, 3.63) is 0 Å². The van der Waals surface area contributed by atoms with Crippen LogP contribution < -0.4 is 22.5 Å². The number of nitrogens with one attached hydrogen (secondary N) is 1. The predicted octanol–water partition coefficient (Wildman–Crippen LogP) is 4.08. The number of fused-ring (bicyclic) bond motifs is 8. The molecule has 0 aromatic heterocycles. The molecule has 17 nitrogen and oxygen atoms in total. The molecule has 0 aromatic carbocycles. The monoisotopic (exact) mass is 1180 g/mol. The number of aliphatic hydroxyl groups is 10. The van der Waals surface area contributed by atoms with Crippen molar-refractivity contribution in [1.82, 2.24) is 15.1 Å². The lowest BCUT2D eigenvalue weighted by Gasteiger charge is -2.59. The zero-order valence-electron chi connectivity index (χ0n) is 52.2. The number of hydrogen-bond acceptors (Lipinski definition) is 16. The van der Waals surface area contributed by atoms with Gasteiger partial charge in [-0.25, -0.2) is 0 Å². The average molecular weight is 1180 g/mol. The highest BCUT2D eigenvalue weighted by Gasteiger charge is 2.59. The van der Waals surface area contributed by atoms with Crippen molar-refractivity contribution in [2.24, 2.45) is 100 Å². The van der Waals surface area contributed by atoms with E-state index in [-0.39, 0.29) is 80.8 Å². The molecule has 17 heteroatoms. The summed E-state index contributed by atoms with van der Waals surface area (Å²) in [5.74, 6) is 9.55. The zero-order chi connectivity index (χ0) is 59.5. The minimum atomic E-state index is -1.30. The van der Waals surface area contributed by atoms with E-state index in [4.69, 9.17) is 17.2 Å². The van der Waals surface area contributed by atoms with Crippen molar-refractivity contribution < 1.29 is 55.5 Å². The van der Waals surface area contributed by atoms with Crippen LogP contribution in [-0.2, 0) is 0 Å². The molecule has 23 atom stereocenters. The second kappa shape index (κ2) is 31.9. The Morgan fingerprint density at radius 2 is 1.05 bits per heavy atom. The molecule has 83 heavy (non-hydrogen) atoms. The van der Waals surface area contributed by atoms with Crippen molar-refractivity contribution in [1.29, 1.82) is 0 Å². The predicted molar refractivity (Wildman–Crippen MR) is 327 cm³/mol. The van der Waals surface area contributed by atoms with Gasteiger partial charge in [-0.05, 0) is 192 Å². The fourth-order valence-electron chi connectivity index (χ4n) is 20.8. The molecule has 0 radical (unpaired) electrons. The zero-order valence-corrected chi connectivity index (χ0v) is 52.2. The third-order valence-corrected chi connectivity index (χ3v) is 24.8. The number of hydrogen-bond donors (Lipinski definition) is 14. The topological polar surface area (TPSA) is 299 Å². The van der Waals surface area contributed by atoms with E-state index >= 15 is 0 Å². The first kappa shape index (κ1) is 68.2. The maximum Gasteiger partial charge on any atom is 0.163 e. The molecule has 0 heterocycles. The highest BCUT2D eigenvalue weighted by molar-refractivity contribution is 5.10. The molecule has 17 N–H and O–H groups in total. The van der Waals surface area contributed by atoms with Crippen molar-refractivity contribution in [2.75, 3.05) is 91.9 Å². The summed E-state index contributed by atoms with van der Waals surface area (Å²) in [4.78, 5) is 3.67. The molecule has 8 fully saturated rings. The number of nitrogens with two attached hydrogens (primary N) is 3. The lowest BCUT2D eigenvalue weighted by molar-refractivity contribution is -0.998. The van der Waals surface area contributed by atoms with Crippen molar-refractivity contribution in [3.63, 3.8) is 0 Å². The van der Waals surface area contributed by atoms with Crippen LogP contribution in [0.4, 0.5) is 0 Å². The Morgan fingerprint density at radius 1 is 0.554 bits per heavy atom. The largest absolute Gasteiger partial charge is 0.394 e. The fraction of sp³-hybridized carbons (Fsp3) is 1.00. The molecule has 23 unspecified atom stereocenters. The van der Waals surface area contributed by atoms with Gasteiger partial charge in [-0.15, -0.1) is 0 Å². The number of unbranched alkanes of at least 4 members (excludes halogenated alkanes) is 4. The molecule has 8 aliphatic carbocycles. The van der Waals surface area contributed by atoms with Gasteiger partial charge in [-0.2, -0.15) is 0 Å². The Bertz CT molecular complexity index is 1830. The molecule has 8 bridgehead atoms. The summed E-state index contributed by atoms with van der Waals surface area (Å²) in [6, 6.07) is -0.699. The van der Waals surface area contributed by atoms with Crippen LogP contribution in [0.1, 0.15) is 187 Å². The minimum Gasteiger partial charge on any atom is -0.394 e. The average Bonchev–Trinajstić information content (AvgIpc) is 4.09. The first-order valence-electron chi connectivity index (χ1n) is 34.8. The van der Waals surface area contributed by atoms with E-state index in [1.165, 1.54) is 96.3 Å². The summed E-state index contributed by atoms with van der Waals surface area (Å²) in [6.45, 7) is 2.47. The summed E-state index contributed by atoms with van der Waals surface area (Å²) >= 11 is 0. The summed E-state index contributed by atoms with van der Waals surface area (Å²) in [7, 11) is 0. The third kappa shape index (κ3) is 16.8. The van der Waals surface area contributed by atoms with Gasteiger partial charge in [0.25, 0.3) is 0 Å². The SMILES string of the molecule is CCCCCC(CNC(N)(C(N)C(CCC1CC2CCC1C2)CC(C1CC2CCC1C2)C1CC2CCC1C2)C1CC2CCC1C2)[N+](CCN(CC(O)CO)CC(O)CO)(CC(O)CO)C(N)(CCCCC)CN(CC(O)CO)CC(O)CO. The van der Waals surface area contributed by atoms with Gasteiger partial charge in [0.05, 0.1) is 76.2 Å². The molecule has 8 saturated carbocycles. The van der Waals surface area contributed by atoms with E-state index in [9.17, 15) is 51.1 Å². The smallest absolute Gasteiger partial charge is 0.163 e. The second-order valence-electron chi connectivity index (χ2n) is 30.3. The Morgan fingerprint density at radius 3 is 1.51 bits per heavy atom. The van der Waals surface area contributed by atoms with E-state index in [2.05, 4.69) is 19.2 Å². The van der Waals surface area contributed by atoms with Crippen molar-refractivity contribution in [3.8, 4) is 0 Å². The molecule has 8 aliphatic rings. The van der Waals surface area contributed by atoms with Gasteiger partial charge < -0.3 is 62.5 Å². The standard InChI is InChI=1S/C66H126N7O10/c1-3-5-7-9-54(73(37-59(83)42-78,22-21-71(33-55(79)38-74)34-56(80)39-75)65(68,20-8-6-4-2)43-72(35-57(81)40-76)36-58(82)41-77)32-70-66(69,63-30-47-13-17-52(63)27-47)64(67)53(19-18-49-24-44-10-14-48(49)23-44)31-62(60-28-45-11-15-50(60)25-45)61-29-46-12-16-51(61)26-46/h44-64,70,74-83H,3-43,67-69H2,1-2H3/q+1. The number of rotatable bonds is 43. The molecule has 0 aliphatic heterocycles. The summed E-state index contributed by atoms with van der Waals surface area (Å²) in [5, 5.41) is 113. The van der Waals surface area contributed by atoms with Crippen LogP contribution in [0, 0.1) is 82.9 Å². The van der Waals surface area contributed by atoms with E-state index in [0.29, 0.717) is 43.6 Å². The number of quaternary nitrogens is 1. The lowest BCUT2D eigenvalue weighted by atomic mass is 9.63. The minimum absolute atomic E-state index is 0.00813. The van der Waals surface area contributed by atoms with Crippen LogP contribution in [0.2, 0.25) is 0 Å². The van der Waals surface area contributed by atoms with E-state index in [1.54, 1.807) is 0 Å². The highest BCUT2D eigenvalue weighted by atomic mass is 16.3. The first-order valence-corrected chi connectivity index (χ1v) is 34.8. The molecular formula is C66H126N7O10+. The molecule has 0 spiro atoms. The second-order valence-corrected chi connectivity index (χ2v) is 30.3. The van der Waals surface area contributed by atoms with Crippen LogP contribution in [0.5, 0.6) is 0 Å². The Balaban J connectivity index is 1.24. The van der Waals surface area contributed by atoms with Gasteiger partial charge >= 0.3 is 0 Å². The molecule has 0 saturated heterocycles. The van der Waals surface area contributed by atoms with Crippen LogP contribution in [-0.4, -0.2) is 211 Å². The summed E-state index contributed by atoms with van der Waals surface area (Å²) < 4.78 is 0.0310. The molecule has 0 aromatic rings. The summed E-state index contributed by atoms with van der Waals surface area (Å²) in [6.07, 6.45) is 25.0.